The van der Waals surface area contributed by atoms with Crippen molar-refractivity contribution in [3.63, 3.8) is 0 Å². The molecule has 1 N–H and O–H groups in total. The number of unbranched alkanes of at least 4 members (excludes halogenated alkanes) is 1. The van der Waals surface area contributed by atoms with E-state index in [1.807, 2.05) is 0 Å². The normalized spacial score (nSPS) is 15.8. The summed E-state index contributed by atoms with van der Waals surface area (Å²) in [5.41, 5.74) is 0. The molecule has 0 fully saturated rings. The fourth-order valence-corrected chi connectivity index (χ4v) is 0.838. The lowest BCUT2D eigenvalue weighted by Gasteiger charge is -2.09. The quantitative estimate of drug-likeness (QED) is 0.647. The summed E-state index contributed by atoms with van der Waals surface area (Å²) in [7, 11) is 0. The Hall–Kier alpha value is -0.550. The maximum absolute atomic E-state index is 9.02. The average molecular weight is 141 g/mol. The first-order valence-electron chi connectivity index (χ1n) is 3.80. The van der Waals surface area contributed by atoms with Gasteiger partial charge in [-0.05, 0) is 13.3 Å². The minimum Gasteiger partial charge on any atom is -0.392 e. The van der Waals surface area contributed by atoms with Crippen molar-refractivity contribution >= 4 is 0 Å². The molecule has 0 aromatic carbocycles. The molecule has 58 valence electrons. The number of hydrogen-bond donors (Lipinski definition) is 1. The smallest absolute Gasteiger partial charge is 0.0720 e. The van der Waals surface area contributed by atoms with E-state index in [9.17, 15) is 0 Å². The van der Waals surface area contributed by atoms with Crippen LogP contribution in [0.3, 0.4) is 0 Å². The van der Waals surface area contributed by atoms with Crippen molar-refractivity contribution in [1.82, 2.24) is 0 Å². The summed E-state index contributed by atoms with van der Waals surface area (Å²) in [6.45, 7) is 3.75. The lowest BCUT2D eigenvalue weighted by molar-refractivity contribution is 0.146. The largest absolute Gasteiger partial charge is 0.392 e. The molecule has 0 saturated carbocycles. The first kappa shape index (κ1) is 9.45. The third-order valence-corrected chi connectivity index (χ3v) is 1.62. The van der Waals surface area contributed by atoms with E-state index < -0.39 is 6.10 Å². The van der Waals surface area contributed by atoms with Crippen LogP contribution in [0.4, 0.5) is 0 Å². The highest BCUT2D eigenvalue weighted by Crippen LogP contribution is 2.11. The molecule has 0 aromatic rings. The van der Waals surface area contributed by atoms with Gasteiger partial charge in [-0.1, -0.05) is 19.8 Å². The average Bonchev–Trinajstić information content (AvgIpc) is 1.89. The number of hydrogen-bond acceptors (Lipinski definition) is 2. The van der Waals surface area contributed by atoms with Crippen LogP contribution in [0.15, 0.2) is 0 Å². The van der Waals surface area contributed by atoms with E-state index in [-0.39, 0.29) is 5.92 Å². The topological polar surface area (TPSA) is 44.0 Å². The van der Waals surface area contributed by atoms with Crippen LogP contribution in [0.2, 0.25) is 0 Å². The third-order valence-electron chi connectivity index (χ3n) is 1.62. The number of nitriles is 1. The molecule has 0 aliphatic heterocycles. The first-order valence-corrected chi connectivity index (χ1v) is 3.80. The van der Waals surface area contributed by atoms with Crippen molar-refractivity contribution < 1.29 is 5.11 Å². The van der Waals surface area contributed by atoms with Gasteiger partial charge in [0, 0.05) is 0 Å². The zero-order valence-electron chi connectivity index (χ0n) is 6.67. The summed E-state index contributed by atoms with van der Waals surface area (Å²) in [6.07, 6.45) is 2.47. The van der Waals surface area contributed by atoms with Crippen LogP contribution in [0.5, 0.6) is 0 Å². The molecular weight excluding hydrogens is 126 g/mol. The van der Waals surface area contributed by atoms with Gasteiger partial charge in [-0.25, -0.2) is 0 Å². The molecule has 2 atom stereocenters. The van der Waals surface area contributed by atoms with Gasteiger partial charge in [-0.3, -0.25) is 0 Å². The molecule has 2 heteroatoms. The molecule has 0 radical (unpaired) electrons. The van der Waals surface area contributed by atoms with E-state index in [2.05, 4.69) is 13.0 Å². The van der Waals surface area contributed by atoms with Crippen LogP contribution >= 0.6 is 0 Å². The SMILES string of the molecule is CCCCC(C#N)C(C)O. The van der Waals surface area contributed by atoms with Crippen molar-refractivity contribution in [2.75, 3.05) is 0 Å². The Balaban J connectivity index is 3.53. The molecule has 0 rings (SSSR count). The van der Waals surface area contributed by atoms with E-state index >= 15 is 0 Å². The van der Waals surface area contributed by atoms with Gasteiger partial charge in [0.1, 0.15) is 0 Å². The van der Waals surface area contributed by atoms with Gasteiger partial charge in [-0.2, -0.15) is 5.26 Å². The highest BCUT2D eigenvalue weighted by atomic mass is 16.3. The van der Waals surface area contributed by atoms with Crippen LogP contribution in [0, 0.1) is 17.2 Å². The fourth-order valence-electron chi connectivity index (χ4n) is 0.838. The Morgan fingerprint density at radius 1 is 1.60 bits per heavy atom. The third kappa shape index (κ3) is 3.47. The Morgan fingerprint density at radius 2 is 2.20 bits per heavy atom. The van der Waals surface area contributed by atoms with Crippen molar-refractivity contribution in [2.24, 2.45) is 5.92 Å². The van der Waals surface area contributed by atoms with Crippen molar-refractivity contribution in [3.8, 4) is 6.07 Å². The second-order valence-corrected chi connectivity index (χ2v) is 2.62. The molecule has 0 aliphatic carbocycles. The van der Waals surface area contributed by atoms with E-state index in [0.29, 0.717) is 0 Å². The molecule has 2 nitrogen and oxygen atoms in total. The van der Waals surface area contributed by atoms with Gasteiger partial charge in [-0.15, -0.1) is 0 Å². The highest BCUT2D eigenvalue weighted by molar-refractivity contribution is 4.85. The molecule has 0 aromatic heterocycles. The van der Waals surface area contributed by atoms with Crippen LogP contribution in [0.25, 0.3) is 0 Å². The summed E-state index contributed by atoms with van der Waals surface area (Å²) in [5.74, 6) is -0.167. The molecule has 0 bridgehead atoms. The van der Waals surface area contributed by atoms with Crippen molar-refractivity contribution in [1.29, 1.82) is 5.26 Å². The number of nitrogens with zero attached hydrogens (tertiary/aromatic N) is 1. The van der Waals surface area contributed by atoms with Gasteiger partial charge in [0.05, 0.1) is 18.1 Å². The van der Waals surface area contributed by atoms with Crippen LogP contribution in [0.1, 0.15) is 33.1 Å². The standard InChI is InChI=1S/C8H15NO/c1-3-4-5-8(6-9)7(2)10/h7-8,10H,3-5H2,1-2H3. The van der Waals surface area contributed by atoms with Gasteiger partial charge >= 0.3 is 0 Å². The van der Waals surface area contributed by atoms with Gasteiger partial charge in [0.2, 0.25) is 0 Å². The number of aliphatic hydroxyl groups excluding tert-OH is 1. The lowest BCUT2D eigenvalue weighted by Crippen LogP contribution is -2.14. The Labute approximate surface area is 62.5 Å². The summed E-state index contributed by atoms with van der Waals surface area (Å²) < 4.78 is 0. The van der Waals surface area contributed by atoms with E-state index in [0.717, 1.165) is 19.3 Å². The predicted molar refractivity (Wildman–Crippen MR) is 40.3 cm³/mol. The Morgan fingerprint density at radius 3 is 2.50 bits per heavy atom. The Kier molecular flexibility index (Phi) is 4.96. The molecule has 0 heterocycles. The molecular formula is C8H15NO. The van der Waals surface area contributed by atoms with Crippen molar-refractivity contribution in [3.05, 3.63) is 0 Å². The molecule has 10 heavy (non-hydrogen) atoms. The summed E-state index contributed by atoms with van der Waals surface area (Å²) >= 11 is 0. The maximum atomic E-state index is 9.02. The zero-order chi connectivity index (χ0) is 7.98. The van der Waals surface area contributed by atoms with Gasteiger partial charge < -0.3 is 5.11 Å². The predicted octanol–water partition coefficient (Wildman–Crippen LogP) is 1.70. The second-order valence-electron chi connectivity index (χ2n) is 2.62. The molecule has 0 spiro atoms. The van der Waals surface area contributed by atoms with Crippen LogP contribution < -0.4 is 0 Å². The molecule has 2 unspecified atom stereocenters. The summed E-state index contributed by atoms with van der Waals surface area (Å²) in [5, 5.41) is 17.5. The second kappa shape index (κ2) is 5.25. The van der Waals surface area contributed by atoms with Gasteiger partial charge in [0.15, 0.2) is 0 Å². The first-order chi connectivity index (χ1) is 4.72. The number of rotatable bonds is 4. The van der Waals surface area contributed by atoms with Crippen molar-refractivity contribution in [2.45, 2.75) is 39.2 Å². The molecule has 0 saturated heterocycles. The van der Waals surface area contributed by atoms with E-state index in [4.69, 9.17) is 10.4 Å². The van der Waals surface area contributed by atoms with Crippen LogP contribution in [-0.4, -0.2) is 11.2 Å². The minimum atomic E-state index is -0.475. The highest BCUT2D eigenvalue weighted by Gasteiger charge is 2.11. The fraction of sp³-hybridized carbons (Fsp3) is 0.875. The minimum absolute atomic E-state index is 0.167. The van der Waals surface area contributed by atoms with E-state index in [1.165, 1.54) is 0 Å². The van der Waals surface area contributed by atoms with E-state index in [1.54, 1.807) is 6.92 Å². The molecule has 0 aliphatic rings. The summed E-state index contributed by atoms with van der Waals surface area (Å²) in [6, 6.07) is 2.09. The zero-order valence-corrected chi connectivity index (χ0v) is 6.67. The number of aliphatic hydroxyl groups is 1. The monoisotopic (exact) mass is 141 g/mol. The lowest BCUT2D eigenvalue weighted by atomic mass is 9.99. The summed E-state index contributed by atoms with van der Waals surface area (Å²) in [4.78, 5) is 0. The van der Waals surface area contributed by atoms with Gasteiger partial charge in [0.25, 0.3) is 0 Å². The molecule has 0 amide bonds. The maximum Gasteiger partial charge on any atom is 0.0720 e. The Bertz CT molecular complexity index is 115. The van der Waals surface area contributed by atoms with Crippen LogP contribution in [-0.2, 0) is 0 Å².